The number of aromatic hydroxyl groups is 1. The maximum absolute atomic E-state index is 10.2. The van der Waals surface area contributed by atoms with Crippen molar-refractivity contribution in [2.45, 2.75) is 43.9 Å². The highest BCUT2D eigenvalue weighted by atomic mass is 35.5. The Kier molecular flexibility index (Phi) is 4.44. The molecule has 1 saturated heterocycles. The molecule has 6 heteroatoms. The van der Waals surface area contributed by atoms with Crippen LogP contribution in [0.4, 0.5) is 0 Å². The molecule has 4 rings (SSSR count). The Labute approximate surface area is 156 Å². The Morgan fingerprint density at radius 3 is 2.96 bits per heavy atom. The number of piperidine rings is 1. The van der Waals surface area contributed by atoms with E-state index in [0.717, 1.165) is 35.8 Å². The van der Waals surface area contributed by atoms with E-state index < -0.39 is 0 Å². The molecule has 25 heavy (non-hydrogen) atoms. The van der Waals surface area contributed by atoms with Gasteiger partial charge in [-0.3, -0.25) is 0 Å². The van der Waals surface area contributed by atoms with Gasteiger partial charge < -0.3 is 19.9 Å². The van der Waals surface area contributed by atoms with Gasteiger partial charge in [-0.2, -0.15) is 0 Å². The van der Waals surface area contributed by atoms with Crippen LogP contribution in [0, 0.1) is 0 Å². The number of nitrogens with one attached hydrogen (secondary N) is 1. The summed E-state index contributed by atoms with van der Waals surface area (Å²) in [4.78, 5) is 1.28. The molecule has 2 aromatic rings. The summed E-state index contributed by atoms with van der Waals surface area (Å²) in [5.74, 6) is 0.655. The van der Waals surface area contributed by atoms with Crippen molar-refractivity contribution in [3.05, 3.63) is 44.6 Å². The Morgan fingerprint density at radius 2 is 2.20 bits per heavy atom. The second-order valence-corrected chi connectivity index (χ2v) is 8.64. The molecule has 1 aromatic carbocycles. The number of halogens is 1. The first kappa shape index (κ1) is 17.2. The molecule has 2 N–H and O–H groups in total. The fraction of sp³-hybridized carbons (Fsp3) is 0.474. The van der Waals surface area contributed by atoms with E-state index in [9.17, 15) is 5.11 Å². The summed E-state index contributed by atoms with van der Waals surface area (Å²) in [5, 5.41) is 13.8. The number of phenolic OH excluding ortho intramolecular Hbond substituents is 1. The lowest BCUT2D eigenvalue weighted by Gasteiger charge is -2.46. The number of hydrogen-bond donors (Lipinski definition) is 2. The maximum atomic E-state index is 10.2. The zero-order chi connectivity index (χ0) is 17.6. The van der Waals surface area contributed by atoms with E-state index in [0.29, 0.717) is 11.8 Å². The van der Waals surface area contributed by atoms with Crippen LogP contribution in [0.2, 0.25) is 4.34 Å². The molecule has 0 radical (unpaired) electrons. The van der Waals surface area contributed by atoms with Gasteiger partial charge in [-0.05, 0) is 49.1 Å². The van der Waals surface area contributed by atoms with Gasteiger partial charge in [0.1, 0.15) is 5.60 Å². The average Bonchev–Trinajstić information content (AvgIpc) is 2.96. The Bertz CT molecular complexity index is 793. The summed E-state index contributed by atoms with van der Waals surface area (Å²) in [5.41, 5.74) is 2.07. The van der Waals surface area contributed by atoms with Gasteiger partial charge in [0.2, 0.25) is 0 Å². The average molecular weight is 380 g/mol. The van der Waals surface area contributed by atoms with Gasteiger partial charge in [-0.15, -0.1) is 11.3 Å². The SMILES string of the molecule is COc1ccc(C2CC3(CC(C)N2)OCCc2cc(Cl)sc23)cc1O. The van der Waals surface area contributed by atoms with Crippen molar-refractivity contribution in [1.29, 1.82) is 0 Å². The van der Waals surface area contributed by atoms with E-state index in [1.807, 2.05) is 12.1 Å². The van der Waals surface area contributed by atoms with Gasteiger partial charge in [0, 0.05) is 23.4 Å². The first-order valence-corrected chi connectivity index (χ1v) is 9.76. The highest BCUT2D eigenvalue weighted by Crippen LogP contribution is 2.50. The number of ether oxygens (including phenoxy) is 2. The van der Waals surface area contributed by atoms with Crippen molar-refractivity contribution in [3.63, 3.8) is 0 Å². The molecule has 1 spiro atoms. The van der Waals surface area contributed by atoms with Crippen molar-refractivity contribution in [3.8, 4) is 11.5 Å². The first-order chi connectivity index (χ1) is 12.0. The Hall–Kier alpha value is -1.27. The zero-order valence-electron chi connectivity index (χ0n) is 14.3. The normalized spacial score (nSPS) is 28.8. The lowest BCUT2D eigenvalue weighted by atomic mass is 9.78. The van der Waals surface area contributed by atoms with Crippen LogP contribution in [0.3, 0.4) is 0 Å². The van der Waals surface area contributed by atoms with Gasteiger partial charge in [0.25, 0.3) is 0 Å². The van der Waals surface area contributed by atoms with Crippen molar-refractivity contribution in [1.82, 2.24) is 5.32 Å². The van der Waals surface area contributed by atoms with E-state index >= 15 is 0 Å². The third-order valence-electron chi connectivity index (χ3n) is 5.20. The van der Waals surface area contributed by atoms with Crippen molar-refractivity contribution in [2.24, 2.45) is 0 Å². The summed E-state index contributed by atoms with van der Waals surface area (Å²) in [6.07, 6.45) is 2.68. The minimum absolute atomic E-state index is 0.104. The van der Waals surface area contributed by atoms with E-state index in [2.05, 4.69) is 18.3 Å². The number of rotatable bonds is 2. The topological polar surface area (TPSA) is 50.7 Å². The minimum atomic E-state index is -0.295. The molecule has 3 unspecified atom stereocenters. The number of methoxy groups -OCH3 is 1. The third kappa shape index (κ3) is 3.04. The van der Waals surface area contributed by atoms with Crippen molar-refractivity contribution >= 4 is 22.9 Å². The molecule has 2 aliphatic heterocycles. The van der Waals surface area contributed by atoms with Crippen LogP contribution in [-0.4, -0.2) is 24.9 Å². The van der Waals surface area contributed by atoms with E-state index in [1.165, 1.54) is 10.4 Å². The van der Waals surface area contributed by atoms with Crippen LogP contribution in [0.5, 0.6) is 11.5 Å². The molecule has 4 nitrogen and oxygen atoms in total. The summed E-state index contributed by atoms with van der Waals surface area (Å²) in [6.45, 7) is 2.91. The number of hydrogen-bond acceptors (Lipinski definition) is 5. The second kappa shape index (κ2) is 6.47. The number of thiophene rings is 1. The predicted octanol–water partition coefficient (Wildman–Crippen LogP) is 4.40. The standard InChI is InChI=1S/C19H22ClNO3S/c1-11-9-19(18-13(5-6-24-19)8-17(20)25-18)10-14(21-11)12-3-4-16(23-2)15(22)7-12/h3-4,7-8,11,14,21-22H,5-6,9-10H2,1-2H3. The van der Waals surface area contributed by atoms with Crippen LogP contribution < -0.4 is 10.1 Å². The summed E-state index contributed by atoms with van der Waals surface area (Å²) in [7, 11) is 1.56. The van der Waals surface area contributed by atoms with Crippen LogP contribution >= 0.6 is 22.9 Å². The molecule has 0 bridgehead atoms. The molecular weight excluding hydrogens is 358 g/mol. The Morgan fingerprint density at radius 1 is 1.36 bits per heavy atom. The number of phenols is 1. The highest BCUT2D eigenvalue weighted by molar-refractivity contribution is 7.16. The minimum Gasteiger partial charge on any atom is -0.504 e. The Balaban J connectivity index is 1.70. The van der Waals surface area contributed by atoms with E-state index in [-0.39, 0.29) is 17.4 Å². The molecule has 134 valence electrons. The third-order valence-corrected chi connectivity index (χ3v) is 6.69. The summed E-state index contributed by atoms with van der Waals surface area (Å²) in [6, 6.07) is 8.10. The number of fused-ring (bicyclic) bond motifs is 2. The quantitative estimate of drug-likeness (QED) is 0.812. The summed E-state index contributed by atoms with van der Waals surface area (Å²) < 4.78 is 12.4. The van der Waals surface area contributed by atoms with Gasteiger partial charge in [0.15, 0.2) is 11.5 Å². The molecule has 0 amide bonds. The van der Waals surface area contributed by atoms with E-state index in [1.54, 1.807) is 24.5 Å². The molecule has 1 aromatic heterocycles. The molecule has 1 fully saturated rings. The largest absolute Gasteiger partial charge is 0.504 e. The number of benzene rings is 1. The smallest absolute Gasteiger partial charge is 0.160 e. The predicted molar refractivity (Wildman–Crippen MR) is 99.9 cm³/mol. The van der Waals surface area contributed by atoms with Crippen LogP contribution in [-0.2, 0) is 16.8 Å². The fourth-order valence-electron chi connectivity index (χ4n) is 4.20. The lowest BCUT2D eigenvalue weighted by Crippen LogP contribution is -2.49. The van der Waals surface area contributed by atoms with Gasteiger partial charge in [-0.25, -0.2) is 0 Å². The van der Waals surface area contributed by atoms with Gasteiger partial charge in [-0.1, -0.05) is 17.7 Å². The second-order valence-electron chi connectivity index (χ2n) is 6.96. The van der Waals surface area contributed by atoms with Crippen molar-refractivity contribution < 1.29 is 14.6 Å². The van der Waals surface area contributed by atoms with Crippen molar-refractivity contribution in [2.75, 3.05) is 13.7 Å². The van der Waals surface area contributed by atoms with Crippen LogP contribution in [0.1, 0.15) is 41.8 Å². The zero-order valence-corrected chi connectivity index (χ0v) is 15.9. The highest BCUT2D eigenvalue weighted by Gasteiger charge is 2.46. The summed E-state index contributed by atoms with van der Waals surface area (Å²) >= 11 is 7.94. The lowest BCUT2D eigenvalue weighted by molar-refractivity contribution is -0.0954. The molecule has 3 atom stereocenters. The van der Waals surface area contributed by atoms with Gasteiger partial charge in [0.05, 0.1) is 18.1 Å². The molecule has 0 aliphatic carbocycles. The molecule has 0 saturated carbocycles. The first-order valence-electron chi connectivity index (χ1n) is 8.56. The van der Waals surface area contributed by atoms with Crippen LogP contribution in [0.15, 0.2) is 24.3 Å². The van der Waals surface area contributed by atoms with E-state index in [4.69, 9.17) is 21.1 Å². The molecule has 2 aliphatic rings. The maximum Gasteiger partial charge on any atom is 0.160 e. The molecule has 3 heterocycles. The fourth-order valence-corrected chi connectivity index (χ4v) is 5.66. The van der Waals surface area contributed by atoms with Crippen LogP contribution in [0.25, 0.3) is 0 Å². The monoisotopic (exact) mass is 379 g/mol. The van der Waals surface area contributed by atoms with Gasteiger partial charge >= 0.3 is 0 Å². The molecular formula is C19H22ClNO3S.